The molecule has 3 aromatic rings. The highest BCUT2D eigenvalue weighted by atomic mass is 35.5. The molecule has 2 heterocycles. The van der Waals surface area contributed by atoms with E-state index < -0.39 is 0 Å². The van der Waals surface area contributed by atoms with Gasteiger partial charge in [0.2, 0.25) is 0 Å². The van der Waals surface area contributed by atoms with E-state index in [1.165, 1.54) is 6.20 Å². The Bertz CT molecular complexity index is 648. The van der Waals surface area contributed by atoms with Crippen LogP contribution in [0.3, 0.4) is 0 Å². The first-order chi connectivity index (χ1) is 7.86. The van der Waals surface area contributed by atoms with Crippen molar-refractivity contribution in [1.82, 2.24) is 25.0 Å². The van der Waals surface area contributed by atoms with Crippen LogP contribution in [0.25, 0.3) is 16.9 Å². The van der Waals surface area contributed by atoms with E-state index in [0.29, 0.717) is 11.0 Å². The van der Waals surface area contributed by atoms with Crippen LogP contribution in [0.4, 0.5) is 0 Å². The van der Waals surface area contributed by atoms with Crippen molar-refractivity contribution in [3.8, 4) is 5.82 Å². The highest BCUT2D eigenvalue weighted by molar-refractivity contribution is 6.30. The number of benzene rings is 1. The van der Waals surface area contributed by atoms with Gasteiger partial charge in [-0.2, -0.15) is 4.68 Å². The second-order valence-corrected chi connectivity index (χ2v) is 3.52. The summed E-state index contributed by atoms with van der Waals surface area (Å²) in [5, 5.41) is 8.33. The molecular weight excluding hydrogens is 226 g/mol. The largest absolute Gasteiger partial charge is 0.239 e. The molecule has 2 aromatic heterocycles. The Morgan fingerprint density at radius 2 is 1.88 bits per heavy atom. The van der Waals surface area contributed by atoms with E-state index in [0.717, 1.165) is 11.0 Å². The van der Waals surface area contributed by atoms with E-state index in [4.69, 9.17) is 11.6 Å². The van der Waals surface area contributed by atoms with Crippen molar-refractivity contribution in [3.05, 3.63) is 41.8 Å². The van der Waals surface area contributed by atoms with E-state index in [9.17, 15) is 0 Å². The molecular formula is C10H6ClN5. The number of hydrogen-bond donors (Lipinski definition) is 0. The molecule has 0 saturated carbocycles. The van der Waals surface area contributed by atoms with E-state index in [1.54, 1.807) is 10.9 Å². The summed E-state index contributed by atoms with van der Waals surface area (Å²) in [6.45, 7) is 0. The van der Waals surface area contributed by atoms with Crippen molar-refractivity contribution in [3.63, 3.8) is 0 Å². The average molecular weight is 232 g/mol. The van der Waals surface area contributed by atoms with Crippen LogP contribution in [0.2, 0.25) is 5.15 Å². The summed E-state index contributed by atoms with van der Waals surface area (Å²) in [5.74, 6) is 0.484. The molecule has 0 aliphatic carbocycles. The fraction of sp³-hybridized carbons (Fsp3) is 0. The Morgan fingerprint density at radius 1 is 1.06 bits per heavy atom. The third-order valence-electron chi connectivity index (χ3n) is 2.19. The van der Waals surface area contributed by atoms with Gasteiger partial charge in [-0.15, -0.1) is 5.10 Å². The first-order valence-electron chi connectivity index (χ1n) is 4.63. The Balaban J connectivity index is 2.31. The van der Waals surface area contributed by atoms with Crippen LogP contribution in [0.15, 0.2) is 36.7 Å². The van der Waals surface area contributed by atoms with Crippen molar-refractivity contribution < 1.29 is 0 Å². The number of rotatable bonds is 1. The Kier molecular flexibility index (Phi) is 2.04. The van der Waals surface area contributed by atoms with Gasteiger partial charge in [0.05, 0.1) is 5.52 Å². The maximum atomic E-state index is 5.95. The highest BCUT2D eigenvalue weighted by Crippen LogP contribution is 2.18. The molecule has 0 unspecified atom stereocenters. The van der Waals surface area contributed by atoms with Gasteiger partial charge in [-0.05, 0) is 12.1 Å². The minimum Gasteiger partial charge on any atom is -0.239 e. The molecule has 1 aromatic carbocycles. The van der Waals surface area contributed by atoms with Gasteiger partial charge in [0.1, 0.15) is 5.52 Å². The van der Waals surface area contributed by atoms with Crippen molar-refractivity contribution in [2.24, 2.45) is 0 Å². The van der Waals surface area contributed by atoms with Crippen molar-refractivity contribution in [2.45, 2.75) is 0 Å². The smallest absolute Gasteiger partial charge is 0.193 e. The lowest BCUT2D eigenvalue weighted by Crippen LogP contribution is -2.01. The van der Waals surface area contributed by atoms with Crippen molar-refractivity contribution >= 4 is 22.6 Å². The quantitative estimate of drug-likeness (QED) is 0.642. The molecule has 0 bridgehead atoms. The van der Waals surface area contributed by atoms with Gasteiger partial charge >= 0.3 is 0 Å². The molecule has 78 valence electrons. The van der Waals surface area contributed by atoms with Crippen LogP contribution in [-0.4, -0.2) is 25.0 Å². The normalized spacial score (nSPS) is 10.8. The summed E-state index contributed by atoms with van der Waals surface area (Å²) in [6.07, 6.45) is 3.10. The summed E-state index contributed by atoms with van der Waals surface area (Å²) < 4.78 is 1.57. The van der Waals surface area contributed by atoms with E-state index in [1.807, 2.05) is 24.3 Å². The highest BCUT2D eigenvalue weighted by Gasteiger charge is 2.10. The van der Waals surface area contributed by atoms with Gasteiger partial charge < -0.3 is 0 Å². The molecule has 0 fully saturated rings. The number of nitrogens with zero attached hydrogens (tertiary/aromatic N) is 5. The lowest BCUT2D eigenvalue weighted by atomic mass is 10.3. The van der Waals surface area contributed by atoms with Crippen LogP contribution in [0.5, 0.6) is 0 Å². The first-order valence-corrected chi connectivity index (χ1v) is 5.01. The zero-order chi connectivity index (χ0) is 11.0. The van der Waals surface area contributed by atoms with E-state index >= 15 is 0 Å². The maximum Gasteiger partial charge on any atom is 0.193 e. The fourth-order valence-corrected chi connectivity index (χ4v) is 1.67. The molecule has 0 radical (unpaired) electrons. The SMILES string of the molecule is Clc1nccnc1-n1nnc2ccccc21. The monoisotopic (exact) mass is 231 g/mol. The predicted molar refractivity (Wildman–Crippen MR) is 59.5 cm³/mol. The number of para-hydroxylation sites is 1. The molecule has 6 heteroatoms. The second-order valence-electron chi connectivity index (χ2n) is 3.16. The number of fused-ring (bicyclic) bond motifs is 1. The molecule has 0 aliphatic heterocycles. The minimum atomic E-state index is 0.304. The minimum absolute atomic E-state index is 0.304. The standard InChI is InChI=1S/C10H6ClN5/c11-9-10(13-6-5-12-9)16-8-4-2-1-3-7(8)14-15-16/h1-6H. The van der Waals surface area contributed by atoms with Crippen molar-refractivity contribution in [2.75, 3.05) is 0 Å². The van der Waals surface area contributed by atoms with Gasteiger partial charge in [-0.1, -0.05) is 28.9 Å². The lowest BCUT2D eigenvalue weighted by molar-refractivity contribution is 0.796. The molecule has 0 N–H and O–H groups in total. The predicted octanol–water partition coefficient (Wildman–Crippen LogP) is 1.86. The zero-order valence-electron chi connectivity index (χ0n) is 8.08. The number of halogens is 1. The van der Waals surface area contributed by atoms with Crippen LogP contribution in [-0.2, 0) is 0 Å². The number of aromatic nitrogens is 5. The van der Waals surface area contributed by atoms with Gasteiger partial charge in [-0.25, -0.2) is 9.97 Å². The summed E-state index contributed by atoms with van der Waals surface area (Å²) in [6, 6.07) is 7.59. The molecule has 0 saturated heterocycles. The Morgan fingerprint density at radius 3 is 2.75 bits per heavy atom. The van der Waals surface area contributed by atoms with E-state index in [-0.39, 0.29) is 0 Å². The molecule has 0 atom stereocenters. The molecule has 0 aliphatic rings. The third kappa shape index (κ3) is 1.33. The summed E-state index contributed by atoms with van der Waals surface area (Å²) in [5.41, 5.74) is 1.65. The van der Waals surface area contributed by atoms with Crippen molar-refractivity contribution in [1.29, 1.82) is 0 Å². The summed E-state index contributed by atoms with van der Waals surface area (Å²) in [4.78, 5) is 8.09. The van der Waals surface area contributed by atoms with Gasteiger partial charge in [0.15, 0.2) is 11.0 Å². The van der Waals surface area contributed by atoms with Crippen LogP contribution in [0, 0.1) is 0 Å². The topological polar surface area (TPSA) is 56.5 Å². The van der Waals surface area contributed by atoms with Crippen LogP contribution >= 0.6 is 11.6 Å². The second kappa shape index (κ2) is 3.53. The summed E-state index contributed by atoms with van der Waals surface area (Å²) in [7, 11) is 0. The summed E-state index contributed by atoms with van der Waals surface area (Å²) >= 11 is 5.95. The molecule has 0 amide bonds. The third-order valence-corrected chi connectivity index (χ3v) is 2.45. The average Bonchev–Trinajstić information content (AvgIpc) is 2.74. The van der Waals surface area contributed by atoms with Crippen LogP contribution in [0.1, 0.15) is 0 Å². The van der Waals surface area contributed by atoms with E-state index in [2.05, 4.69) is 20.3 Å². The molecule has 0 spiro atoms. The van der Waals surface area contributed by atoms with Gasteiger partial charge in [0.25, 0.3) is 0 Å². The fourth-order valence-electron chi connectivity index (χ4n) is 1.48. The van der Waals surface area contributed by atoms with Gasteiger partial charge in [0, 0.05) is 12.4 Å². The zero-order valence-corrected chi connectivity index (χ0v) is 8.83. The molecule has 5 nitrogen and oxygen atoms in total. The Hall–Kier alpha value is -2.01. The molecule has 3 rings (SSSR count). The number of hydrogen-bond acceptors (Lipinski definition) is 4. The molecule has 16 heavy (non-hydrogen) atoms. The van der Waals surface area contributed by atoms with Crippen LogP contribution < -0.4 is 0 Å². The maximum absolute atomic E-state index is 5.95. The Labute approximate surface area is 95.7 Å². The first kappa shape index (κ1) is 9.23. The van der Waals surface area contributed by atoms with Gasteiger partial charge in [-0.3, -0.25) is 0 Å². The lowest BCUT2D eigenvalue weighted by Gasteiger charge is -2.01.